The first-order valence-electron chi connectivity index (χ1n) is 8.95. The molecule has 0 aromatic heterocycles. The fourth-order valence-electron chi connectivity index (χ4n) is 3.18. The third kappa shape index (κ3) is 5.08. The van der Waals surface area contributed by atoms with Crippen LogP contribution >= 0.6 is 12.2 Å². The molecule has 2 rings (SSSR count). The second-order valence-corrected chi connectivity index (χ2v) is 9.47. The molecule has 30 heavy (non-hydrogen) atoms. The Labute approximate surface area is 178 Å². The van der Waals surface area contributed by atoms with Gasteiger partial charge in [-0.3, -0.25) is 9.69 Å². The SMILES string of the molecule is [C-]#[N+]c1ccc(N2C(=O)C(C)(C)N(CCCCCS(N)(=O)=O)C2=S)cc1C(F)(F)F. The van der Waals surface area contributed by atoms with Crippen LogP contribution in [0.2, 0.25) is 0 Å². The number of anilines is 1. The maximum absolute atomic E-state index is 13.3. The maximum atomic E-state index is 13.3. The van der Waals surface area contributed by atoms with E-state index in [1.165, 1.54) is 6.07 Å². The van der Waals surface area contributed by atoms with E-state index in [2.05, 4.69) is 4.85 Å². The number of nitrogens with two attached hydrogens (primary N) is 1. The summed E-state index contributed by atoms with van der Waals surface area (Å²) in [7, 11) is -3.55. The minimum Gasteiger partial charge on any atom is -0.334 e. The van der Waals surface area contributed by atoms with Gasteiger partial charge in [0.2, 0.25) is 10.0 Å². The molecule has 0 saturated carbocycles. The Kier molecular flexibility index (Phi) is 6.80. The Morgan fingerprint density at radius 3 is 2.40 bits per heavy atom. The molecule has 164 valence electrons. The number of halogens is 3. The molecule has 0 aliphatic carbocycles. The lowest BCUT2D eigenvalue weighted by atomic mass is 10.0. The number of sulfonamides is 1. The molecule has 2 N–H and O–H groups in total. The lowest BCUT2D eigenvalue weighted by molar-refractivity contribution is -0.136. The van der Waals surface area contributed by atoms with E-state index in [0.29, 0.717) is 25.8 Å². The molecule has 1 aliphatic rings. The third-order valence-electron chi connectivity index (χ3n) is 4.80. The number of rotatable bonds is 7. The van der Waals surface area contributed by atoms with Crippen molar-refractivity contribution >= 4 is 44.6 Å². The Morgan fingerprint density at radius 1 is 1.23 bits per heavy atom. The molecule has 1 aromatic carbocycles. The van der Waals surface area contributed by atoms with Gasteiger partial charge in [-0.25, -0.2) is 18.4 Å². The van der Waals surface area contributed by atoms with E-state index >= 15 is 0 Å². The summed E-state index contributed by atoms with van der Waals surface area (Å²) in [6, 6.07) is 3.03. The lowest BCUT2D eigenvalue weighted by Crippen LogP contribution is -2.44. The van der Waals surface area contributed by atoms with Gasteiger partial charge in [-0.1, -0.05) is 12.5 Å². The van der Waals surface area contributed by atoms with Gasteiger partial charge in [-0.2, -0.15) is 13.2 Å². The van der Waals surface area contributed by atoms with Crippen molar-refractivity contribution in [3.63, 3.8) is 0 Å². The maximum Gasteiger partial charge on any atom is 0.407 e. The van der Waals surface area contributed by atoms with Crippen LogP contribution in [0.3, 0.4) is 0 Å². The Bertz CT molecular complexity index is 1000. The Hall–Kier alpha value is -2.23. The minimum atomic E-state index is -4.75. The molecule has 1 fully saturated rings. The highest BCUT2D eigenvalue weighted by Gasteiger charge is 2.49. The van der Waals surface area contributed by atoms with E-state index < -0.39 is 38.9 Å². The number of hydrogen-bond donors (Lipinski definition) is 1. The first kappa shape index (κ1) is 24.0. The number of carbonyl (C=O) groups is 1. The quantitative estimate of drug-likeness (QED) is 0.381. The summed E-state index contributed by atoms with van der Waals surface area (Å²) in [5.74, 6) is -0.639. The van der Waals surface area contributed by atoms with Crippen LogP contribution in [0.15, 0.2) is 18.2 Å². The van der Waals surface area contributed by atoms with Crippen LogP contribution < -0.4 is 10.0 Å². The van der Waals surface area contributed by atoms with Crippen molar-refractivity contribution in [3.05, 3.63) is 35.2 Å². The van der Waals surface area contributed by atoms with E-state index in [1.807, 2.05) is 0 Å². The summed E-state index contributed by atoms with van der Waals surface area (Å²) < 4.78 is 61.9. The fraction of sp³-hybridized carbons (Fsp3) is 0.500. The first-order valence-corrected chi connectivity index (χ1v) is 11.1. The summed E-state index contributed by atoms with van der Waals surface area (Å²) in [4.78, 5) is 18.5. The predicted octanol–water partition coefficient (Wildman–Crippen LogP) is 3.43. The second-order valence-electron chi connectivity index (χ2n) is 7.37. The molecule has 1 aliphatic heterocycles. The van der Waals surface area contributed by atoms with Crippen molar-refractivity contribution in [1.82, 2.24) is 4.90 Å². The molecular weight excluding hydrogens is 441 g/mol. The summed E-state index contributed by atoms with van der Waals surface area (Å²) in [6.45, 7) is 10.5. The number of carbonyl (C=O) groups excluding carboxylic acids is 1. The van der Waals surface area contributed by atoms with Gasteiger partial charge in [0.05, 0.1) is 17.9 Å². The standard InChI is InChI=1S/C18H21F3N4O3S2/c1-17(2)15(26)25(12-7-8-14(23-3)13(11-12)18(19,20)21)16(29)24(17)9-5-4-6-10-30(22,27)28/h7-8,11H,4-6,9-10H2,1-2H3,(H2,22,27,28). The van der Waals surface area contributed by atoms with E-state index in [0.717, 1.165) is 17.0 Å². The molecule has 0 radical (unpaired) electrons. The van der Waals surface area contributed by atoms with Gasteiger partial charge in [0, 0.05) is 12.2 Å². The number of unbranched alkanes of at least 4 members (excludes halogenated alkanes) is 2. The van der Waals surface area contributed by atoms with Crippen LogP contribution in [0.4, 0.5) is 24.5 Å². The Morgan fingerprint density at radius 2 is 1.87 bits per heavy atom. The van der Waals surface area contributed by atoms with E-state index in [1.54, 1.807) is 18.7 Å². The van der Waals surface area contributed by atoms with Crippen LogP contribution in [0.25, 0.3) is 4.85 Å². The molecule has 1 amide bonds. The summed E-state index contributed by atoms with van der Waals surface area (Å²) in [6.07, 6.45) is -3.36. The molecule has 12 heteroatoms. The normalized spacial score (nSPS) is 16.8. The summed E-state index contributed by atoms with van der Waals surface area (Å²) in [5.41, 5.74) is -2.84. The van der Waals surface area contributed by atoms with Crippen LogP contribution in [-0.2, 0) is 21.0 Å². The van der Waals surface area contributed by atoms with Gasteiger partial charge in [0.25, 0.3) is 5.91 Å². The summed E-state index contributed by atoms with van der Waals surface area (Å²) >= 11 is 5.38. The van der Waals surface area contributed by atoms with Crippen molar-refractivity contribution in [2.24, 2.45) is 5.14 Å². The number of primary sulfonamides is 1. The monoisotopic (exact) mass is 462 g/mol. The number of thiocarbonyl (C=S) groups is 1. The van der Waals surface area contributed by atoms with E-state index in [-0.39, 0.29) is 16.6 Å². The molecule has 1 aromatic rings. The molecule has 1 saturated heterocycles. The molecule has 7 nitrogen and oxygen atoms in total. The van der Waals surface area contributed by atoms with Gasteiger partial charge in [0.15, 0.2) is 10.8 Å². The summed E-state index contributed by atoms with van der Waals surface area (Å²) in [5, 5.41) is 5.02. The first-order chi connectivity index (χ1) is 13.7. The zero-order chi connectivity index (χ0) is 22.9. The van der Waals surface area contributed by atoms with Crippen molar-refractivity contribution in [2.75, 3.05) is 17.2 Å². The second kappa shape index (κ2) is 8.49. The van der Waals surface area contributed by atoms with Crippen LogP contribution in [0.5, 0.6) is 0 Å². The predicted molar refractivity (Wildman–Crippen MR) is 110 cm³/mol. The molecule has 0 atom stereocenters. The van der Waals surface area contributed by atoms with Crippen LogP contribution in [0, 0.1) is 6.57 Å². The average Bonchev–Trinajstić information content (AvgIpc) is 2.78. The van der Waals surface area contributed by atoms with Gasteiger partial charge < -0.3 is 4.90 Å². The molecular formula is C18H21F3N4O3S2. The van der Waals surface area contributed by atoms with Crippen LogP contribution in [0.1, 0.15) is 38.7 Å². The van der Waals surface area contributed by atoms with Crippen molar-refractivity contribution in [3.8, 4) is 0 Å². The Balaban J connectivity index is 2.24. The van der Waals surface area contributed by atoms with Gasteiger partial charge in [0.1, 0.15) is 5.54 Å². The smallest absolute Gasteiger partial charge is 0.334 e. The highest BCUT2D eigenvalue weighted by Crippen LogP contribution is 2.40. The highest BCUT2D eigenvalue weighted by molar-refractivity contribution is 7.89. The van der Waals surface area contributed by atoms with Gasteiger partial charge >= 0.3 is 6.18 Å². The molecule has 1 heterocycles. The fourth-order valence-corrected chi connectivity index (χ4v) is 4.29. The van der Waals surface area contributed by atoms with Crippen molar-refractivity contribution < 1.29 is 26.4 Å². The molecule has 0 spiro atoms. The number of benzene rings is 1. The van der Waals surface area contributed by atoms with Crippen molar-refractivity contribution in [2.45, 2.75) is 44.8 Å². The number of nitrogens with zero attached hydrogens (tertiary/aromatic N) is 3. The minimum absolute atomic E-state index is 0.0557. The number of hydrogen-bond acceptors (Lipinski definition) is 4. The van der Waals surface area contributed by atoms with E-state index in [9.17, 15) is 26.4 Å². The van der Waals surface area contributed by atoms with Crippen LogP contribution in [-0.4, -0.2) is 42.2 Å². The molecule has 0 unspecified atom stereocenters. The van der Waals surface area contributed by atoms with E-state index in [4.69, 9.17) is 23.9 Å². The van der Waals surface area contributed by atoms with Gasteiger partial charge in [-0.15, -0.1) is 0 Å². The largest absolute Gasteiger partial charge is 0.407 e. The topological polar surface area (TPSA) is 88.1 Å². The van der Waals surface area contributed by atoms with Crippen molar-refractivity contribution in [1.29, 1.82) is 0 Å². The average molecular weight is 463 g/mol. The zero-order valence-corrected chi connectivity index (χ0v) is 18.0. The zero-order valence-electron chi connectivity index (χ0n) is 16.4. The number of alkyl halides is 3. The molecule has 0 bridgehead atoms. The highest BCUT2D eigenvalue weighted by atomic mass is 32.2. The number of amides is 1. The third-order valence-corrected chi connectivity index (χ3v) is 6.06. The lowest BCUT2D eigenvalue weighted by Gasteiger charge is -2.29. The van der Waals surface area contributed by atoms with Gasteiger partial charge in [-0.05, 0) is 51.0 Å².